The number of hydrogen-bond acceptors (Lipinski definition) is 3. The summed E-state index contributed by atoms with van der Waals surface area (Å²) in [6.45, 7) is 4.99. The van der Waals surface area contributed by atoms with Gasteiger partial charge in [0, 0.05) is 19.1 Å². The molecule has 0 aromatic rings. The van der Waals surface area contributed by atoms with Gasteiger partial charge in [0.25, 0.3) is 0 Å². The minimum Gasteiger partial charge on any atom is -0.337 e. The van der Waals surface area contributed by atoms with Gasteiger partial charge in [0.1, 0.15) is 0 Å². The second kappa shape index (κ2) is 8.97. The fourth-order valence-corrected chi connectivity index (χ4v) is 2.87. The molecule has 0 aromatic carbocycles. The van der Waals surface area contributed by atoms with Crippen LogP contribution in [0.25, 0.3) is 0 Å². The van der Waals surface area contributed by atoms with Crippen LogP contribution in [0.15, 0.2) is 0 Å². The first-order valence-electron chi connectivity index (χ1n) is 6.47. The van der Waals surface area contributed by atoms with Crippen molar-refractivity contribution in [3.63, 3.8) is 0 Å². The molecule has 0 spiro atoms. The number of carbonyl (C=O) groups excluding carboxylic acids is 1. The number of amides is 1. The highest BCUT2D eigenvalue weighted by atomic mass is 35.5. The molecule has 108 valence electrons. The molecule has 0 radical (unpaired) electrons. The van der Waals surface area contributed by atoms with Gasteiger partial charge in [-0.05, 0) is 45.8 Å². The smallest absolute Gasteiger partial charge is 0.236 e. The van der Waals surface area contributed by atoms with Crippen molar-refractivity contribution in [3.05, 3.63) is 0 Å². The van der Waals surface area contributed by atoms with Crippen LogP contribution in [0.4, 0.5) is 0 Å². The van der Waals surface area contributed by atoms with Crippen LogP contribution in [0.5, 0.6) is 0 Å². The van der Waals surface area contributed by atoms with Gasteiger partial charge in [-0.15, -0.1) is 24.8 Å². The Morgan fingerprint density at radius 3 is 2.44 bits per heavy atom. The molecule has 2 aliphatic heterocycles. The Morgan fingerprint density at radius 2 is 1.83 bits per heavy atom. The van der Waals surface area contributed by atoms with Gasteiger partial charge in [-0.1, -0.05) is 0 Å². The van der Waals surface area contributed by atoms with E-state index in [4.69, 9.17) is 0 Å². The Balaban J connectivity index is 0.00000144. The van der Waals surface area contributed by atoms with Crippen LogP contribution < -0.4 is 5.32 Å². The molecule has 0 bridgehead atoms. The fraction of sp³-hybridized carbons (Fsp3) is 0.917. The van der Waals surface area contributed by atoms with Crippen molar-refractivity contribution in [2.24, 2.45) is 0 Å². The summed E-state index contributed by atoms with van der Waals surface area (Å²) >= 11 is 0. The van der Waals surface area contributed by atoms with Gasteiger partial charge in [0.2, 0.25) is 5.91 Å². The summed E-state index contributed by atoms with van der Waals surface area (Å²) < 4.78 is 0. The van der Waals surface area contributed by atoms with E-state index in [1.165, 1.54) is 38.8 Å². The molecule has 2 heterocycles. The number of rotatable bonds is 4. The highest BCUT2D eigenvalue weighted by Crippen LogP contribution is 2.20. The van der Waals surface area contributed by atoms with E-state index in [9.17, 15) is 4.79 Å². The summed E-state index contributed by atoms with van der Waals surface area (Å²) in [5.41, 5.74) is 0. The van der Waals surface area contributed by atoms with Crippen LogP contribution in [0, 0.1) is 0 Å². The van der Waals surface area contributed by atoms with Crippen molar-refractivity contribution in [1.29, 1.82) is 0 Å². The van der Waals surface area contributed by atoms with Gasteiger partial charge in [-0.3, -0.25) is 4.79 Å². The van der Waals surface area contributed by atoms with Crippen LogP contribution in [0.2, 0.25) is 0 Å². The van der Waals surface area contributed by atoms with Gasteiger partial charge in [-0.2, -0.15) is 0 Å². The zero-order valence-corrected chi connectivity index (χ0v) is 12.7. The molecule has 2 fully saturated rings. The minimum atomic E-state index is 0. The van der Waals surface area contributed by atoms with Crippen LogP contribution in [0.3, 0.4) is 0 Å². The number of nitrogens with zero attached hydrogens (tertiary/aromatic N) is 2. The average Bonchev–Trinajstić information content (AvgIpc) is 2.90. The third kappa shape index (κ3) is 4.57. The summed E-state index contributed by atoms with van der Waals surface area (Å²) in [5.74, 6) is 0.268. The van der Waals surface area contributed by atoms with Gasteiger partial charge in [-0.25, -0.2) is 0 Å². The number of likely N-dealkylation sites (tertiary alicyclic amines) is 2. The summed E-state index contributed by atoms with van der Waals surface area (Å²) in [5, 5.41) is 2.95. The molecule has 18 heavy (non-hydrogen) atoms. The first-order chi connectivity index (χ1) is 7.81. The Kier molecular flexibility index (Phi) is 8.95. The summed E-state index contributed by atoms with van der Waals surface area (Å²) in [7, 11) is 1.84. The highest BCUT2D eigenvalue weighted by molar-refractivity contribution is 5.85. The molecule has 1 unspecified atom stereocenters. The SMILES string of the molecule is CNCC(=O)N1CCCC1CN1CCCC1.Cl.Cl. The number of carbonyl (C=O) groups is 1. The molecule has 0 aliphatic carbocycles. The van der Waals surface area contributed by atoms with E-state index in [2.05, 4.69) is 15.1 Å². The zero-order valence-electron chi connectivity index (χ0n) is 11.1. The Labute approximate surface area is 122 Å². The molecule has 6 heteroatoms. The van der Waals surface area contributed by atoms with Crippen molar-refractivity contribution in [3.8, 4) is 0 Å². The maximum Gasteiger partial charge on any atom is 0.236 e. The zero-order chi connectivity index (χ0) is 11.4. The second-order valence-corrected chi connectivity index (χ2v) is 4.92. The molecule has 1 N–H and O–H groups in total. The predicted octanol–water partition coefficient (Wildman–Crippen LogP) is 1.14. The normalized spacial score (nSPS) is 23.6. The second-order valence-electron chi connectivity index (χ2n) is 4.92. The van der Waals surface area contributed by atoms with Crippen LogP contribution in [0.1, 0.15) is 25.7 Å². The molecular formula is C12H25Cl2N3O. The third-order valence-electron chi connectivity index (χ3n) is 3.69. The number of nitrogens with one attached hydrogen (secondary N) is 1. The van der Waals surface area contributed by atoms with Crippen LogP contribution >= 0.6 is 24.8 Å². The Hall–Kier alpha value is -0.0300. The summed E-state index contributed by atoms with van der Waals surface area (Å²) in [4.78, 5) is 16.5. The predicted molar refractivity (Wildman–Crippen MR) is 78.8 cm³/mol. The maximum atomic E-state index is 11.9. The van der Waals surface area contributed by atoms with E-state index in [1.54, 1.807) is 0 Å². The van der Waals surface area contributed by atoms with Gasteiger partial charge in [0.05, 0.1) is 6.54 Å². The third-order valence-corrected chi connectivity index (χ3v) is 3.69. The number of likely N-dealkylation sites (N-methyl/N-ethyl adjacent to an activating group) is 1. The largest absolute Gasteiger partial charge is 0.337 e. The maximum absolute atomic E-state index is 11.9. The molecule has 2 rings (SSSR count). The molecule has 4 nitrogen and oxygen atoms in total. The quantitative estimate of drug-likeness (QED) is 0.845. The number of halogens is 2. The van der Waals surface area contributed by atoms with Gasteiger partial charge < -0.3 is 15.1 Å². The highest BCUT2D eigenvalue weighted by Gasteiger charge is 2.30. The lowest BCUT2D eigenvalue weighted by molar-refractivity contribution is -0.131. The molecular weight excluding hydrogens is 273 g/mol. The standard InChI is InChI=1S/C12H23N3O.2ClH/c1-13-9-12(16)15-8-4-5-11(15)10-14-6-2-3-7-14;;/h11,13H,2-10H2,1H3;2*1H. The van der Waals surface area contributed by atoms with Crippen molar-refractivity contribution in [2.45, 2.75) is 31.7 Å². The van der Waals surface area contributed by atoms with Crippen molar-refractivity contribution in [1.82, 2.24) is 15.1 Å². The van der Waals surface area contributed by atoms with E-state index in [1.807, 2.05) is 7.05 Å². The monoisotopic (exact) mass is 297 g/mol. The van der Waals surface area contributed by atoms with Crippen molar-refractivity contribution < 1.29 is 4.79 Å². The molecule has 2 aliphatic rings. The summed E-state index contributed by atoms with van der Waals surface area (Å²) in [6.07, 6.45) is 5.02. The molecule has 0 aromatic heterocycles. The summed E-state index contributed by atoms with van der Waals surface area (Å²) in [6, 6.07) is 0.471. The Bertz CT molecular complexity index is 247. The lowest BCUT2D eigenvalue weighted by Gasteiger charge is -2.28. The lowest BCUT2D eigenvalue weighted by Crippen LogP contribution is -2.45. The lowest BCUT2D eigenvalue weighted by atomic mass is 10.2. The molecule has 2 saturated heterocycles. The fourth-order valence-electron chi connectivity index (χ4n) is 2.87. The average molecular weight is 298 g/mol. The van der Waals surface area contributed by atoms with Crippen LogP contribution in [-0.2, 0) is 4.79 Å². The molecule has 1 amide bonds. The van der Waals surface area contributed by atoms with Crippen molar-refractivity contribution >= 4 is 30.7 Å². The van der Waals surface area contributed by atoms with E-state index < -0.39 is 0 Å². The Morgan fingerprint density at radius 1 is 1.17 bits per heavy atom. The topological polar surface area (TPSA) is 35.6 Å². The van der Waals surface area contributed by atoms with Crippen molar-refractivity contribution in [2.75, 3.05) is 39.8 Å². The van der Waals surface area contributed by atoms with E-state index in [0.717, 1.165) is 13.1 Å². The first-order valence-corrected chi connectivity index (χ1v) is 6.47. The number of hydrogen-bond donors (Lipinski definition) is 1. The van der Waals surface area contributed by atoms with E-state index in [0.29, 0.717) is 12.6 Å². The molecule has 0 saturated carbocycles. The minimum absolute atomic E-state index is 0. The molecule has 1 atom stereocenters. The van der Waals surface area contributed by atoms with Gasteiger partial charge in [0.15, 0.2) is 0 Å². The van der Waals surface area contributed by atoms with Crippen LogP contribution in [-0.4, -0.2) is 61.5 Å². The van der Waals surface area contributed by atoms with E-state index in [-0.39, 0.29) is 30.7 Å². The van der Waals surface area contributed by atoms with Gasteiger partial charge >= 0.3 is 0 Å². The van der Waals surface area contributed by atoms with E-state index >= 15 is 0 Å². The first kappa shape index (κ1) is 18.0.